The van der Waals surface area contributed by atoms with Gasteiger partial charge in [0.2, 0.25) is 0 Å². The van der Waals surface area contributed by atoms with Crippen molar-refractivity contribution in [1.82, 2.24) is 0 Å². The fourth-order valence-corrected chi connectivity index (χ4v) is 4.45. The third-order valence-electron chi connectivity index (χ3n) is 6.37. The lowest BCUT2D eigenvalue weighted by molar-refractivity contribution is -0.900. The molecule has 2 heteroatoms. The number of hydrogen-bond acceptors (Lipinski definition) is 0. The van der Waals surface area contributed by atoms with Gasteiger partial charge < -0.3 is 21.9 Å². The Morgan fingerprint density at radius 3 is 0.862 bits per heavy atom. The normalized spacial score (nSPS) is 11.2. The number of hydrogen-bond donors (Lipinski definition) is 1. The molecule has 0 unspecified atom stereocenters. The molecule has 178 valence electrons. The second-order valence-corrected chi connectivity index (χ2v) is 9.36. The molecule has 0 fully saturated rings. The molecule has 0 aromatic rings. The Balaban J connectivity index is 0. The van der Waals surface area contributed by atoms with Crippen molar-refractivity contribution >= 4 is 0 Å². The van der Waals surface area contributed by atoms with Gasteiger partial charge in [-0.15, -0.1) is 0 Å². The largest absolute Gasteiger partial charge is 1.00 e. The van der Waals surface area contributed by atoms with E-state index in [0.29, 0.717) is 0 Å². The first kappa shape index (κ1) is 31.6. The van der Waals surface area contributed by atoms with Crippen LogP contribution in [-0.4, -0.2) is 19.6 Å². The fourth-order valence-electron chi connectivity index (χ4n) is 4.45. The van der Waals surface area contributed by atoms with E-state index in [1.165, 1.54) is 154 Å². The van der Waals surface area contributed by atoms with Crippen molar-refractivity contribution in [2.75, 3.05) is 19.6 Å². The molecule has 0 aliphatic heterocycles. The number of quaternary nitrogens is 1. The summed E-state index contributed by atoms with van der Waals surface area (Å²) < 4.78 is 0. The number of nitrogens with one attached hydrogen (secondary N) is 1. The maximum absolute atomic E-state index is 2.36. The third-order valence-corrected chi connectivity index (χ3v) is 6.37. The Morgan fingerprint density at radius 1 is 0.310 bits per heavy atom. The van der Waals surface area contributed by atoms with Gasteiger partial charge in [-0.25, -0.2) is 0 Å². The van der Waals surface area contributed by atoms with Crippen LogP contribution in [0.15, 0.2) is 0 Å². The summed E-state index contributed by atoms with van der Waals surface area (Å²) >= 11 is 0. The van der Waals surface area contributed by atoms with Crippen molar-refractivity contribution < 1.29 is 21.9 Å². The van der Waals surface area contributed by atoms with Gasteiger partial charge in [-0.3, -0.25) is 0 Å². The van der Waals surface area contributed by atoms with E-state index in [1.54, 1.807) is 0 Å². The van der Waals surface area contributed by atoms with Gasteiger partial charge in [-0.05, 0) is 32.1 Å². The van der Waals surface area contributed by atoms with E-state index in [1.807, 2.05) is 4.90 Å². The Kier molecular flexibility index (Phi) is 31.0. The van der Waals surface area contributed by atoms with E-state index in [0.717, 1.165) is 0 Å². The zero-order chi connectivity index (χ0) is 20.5. The molecule has 0 aliphatic rings. The van der Waals surface area contributed by atoms with Crippen molar-refractivity contribution in [3.8, 4) is 0 Å². The van der Waals surface area contributed by atoms with Crippen LogP contribution >= 0.6 is 0 Å². The highest BCUT2D eigenvalue weighted by atomic mass is 79.9. The van der Waals surface area contributed by atoms with Crippen LogP contribution in [-0.2, 0) is 0 Å². The van der Waals surface area contributed by atoms with E-state index in [2.05, 4.69) is 20.8 Å². The summed E-state index contributed by atoms with van der Waals surface area (Å²) in [5.74, 6) is 0. The molecule has 0 spiro atoms. The highest BCUT2D eigenvalue weighted by molar-refractivity contribution is 4.49. The first-order valence-electron chi connectivity index (χ1n) is 13.7. The van der Waals surface area contributed by atoms with Gasteiger partial charge >= 0.3 is 0 Å². The van der Waals surface area contributed by atoms with Crippen molar-refractivity contribution in [2.45, 2.75) is 156 Å². The van der Waals surface area contributed by atoms with Crippen LogP contribution in [0.3, 0.4) is 0 Å². The van der Waals surface area contributed by atoms with Crippen molar-refractivity contribution in [1.29, 1.82) is 0 Å². The van der Waals surface area contributed by atoms with Crippen LogP contribution in [0.5, 0.6) is 0 Å². The molecule has 29 heavy (non-hydrogen) atoms. The average molecular weight is 477 g/mol. The van der Waals surface area contributed by atoms with Crippen LogP contribution in [0.4, 0.5) is 0 Å². The van der Waals surface area contributed by atoms with E-state index in [4.69, 9.17) is 0 Å². The van der Waals surface area contributed by atoms with Crippen LogP contribution in [0.2, 0.25) is 0 Å². The summed E-state index contributed by atoms with van der Waals surface area (Å²) in [6.45, 7) is 11.2. The molecule has 0 bridgehead atoms. The zero-order valence-electron chi connectivity index (χ0n) is 20.8. The molecular formula is C27H58BrN. The minimum atomic E-state index is 0. The molecule has 0 heterocycles. The van der Waals surface area contributed by atoms with Crippen molar-refractivity contribution in [3.05, 3.63) is 0 Å². The van der Waals surface area contributed by atoms with Crippen molar-refractivity contribution in [2.24, 2.45) is 0 Å². The van der Waals surface area contributed by atoms with Gasteiger partial charge in [0.15, 0.2) is 0 Å². The van der Waals surface area contributed by atoms with Crippen LogP contribution in [0.1, 0.15) is 156 Å². The molecule has 0 aromatic carbocycles. The van der Waals surface area contributed by atoms with Crippen LogP contribution < -0.4 is 21.9 Å². The van der Waals surface area contributed by atoms with E-state index < -0.39 is 0 Å². The molecule has 0 atom stereocenters. The maximum atomic E-state index is 2.36. The van der Waals surface area contributed by atoms with Gasteiger partial charge in [0.1, 0.15) is 0 Å². The number of unbranched alkanes of at least 4 members (excludes halogenated alkanes) is 18. The SMILES string of the molecule is CCCCCCCCCCCC[NH+](CCC)CCCCCCCCCCCC.[Br-]. The van der Waals surface area contributed by atoms with Gasteiger partial charge in [-0.2, -0.15) is 0 Å². The summed E-state index contributed by atoms with van der Waals surface area (Å²) in [6, 6.07) is 0. The van der Waals surface area contributed by atoms with Crippen LogP contribution in [0.25, 0.3) is 0 Å². The summed E-state index contributed by atoms with van der Waals surface area (Å²) in [5, 5.41) is 0. The van der Waals surface area contributed by atoms with Gasteiger partial charge in [0.05, 0.1) is 19.6 Å². The minimum Gasteiger partial charge on any atom is -1.00 e. The molecular weight excluding hydrogens is 418 g/mol. The topological polar surface area (TPSA) is 4.44 Å². The zero-order valence-corrected chi connectivity index (χ0v) is 22.4. The highest BCUT2D eigenvalue weighted by Crippen LogP contribution is 2.11. The Hall–Kier alpha value is 0.440. The lowest BCUT2D eigenvalue weighted by Crippen LogP contribution is -3.12. The van der Waals surface area contributed by atoms with E-state index in [9.17, 15) is 0 Å². The Bertz CT molecular complexity index is 245. The molecule has 1 N–H and O–H groups in total. The molecule has 0 aromatic heterocycles. The number of halogens is 1. The van der Waals surface area contributed by atoms with Gasteiger partial charge in [0, 0.05) is 0 Å². The van der Waals surface area contributed by atoms with Gasteiger partial charge in [0.25, 0.3) is 0 Å². The summed E-state index contributed by atoms with van der Waals surface area (Å²) in [7, 11) is 0. The standard InChI is InChI=1S/C27H57N.BrH/c1-4-7-9-11-13-15-17-19-21-23-26-28(25-6-3)27-24-22-20-18-16-14-12-10-8-5-2;/h4-27H2,1-3H3;1H. The van der Waals surface area contributed by atoms with Crippen LogP contribution in [0, 0.1) is 0 Å². The van der Waals surface area contributed by atoms with E-state index in [-0.39, 0.29) is 17.0 Å². The molecule has 1 nitrogen and oxygen atoms in total. The lowest BCUT2D eigenvalue weighted by Gasteiger charge is -2.19. The van der Waals surface area contributed by atoms with Crippen molar-refractivity contribution in [3.63, 3.8) is 0 Å². The molecule has 0 saturated heterocycles. The molecule has 0 rings (SSSR count). The fraction of sp³-hybridized carbons (Fsp3) is 1.00. The minimum absolute atomic E-state index is 0. The quantitative estimate of drug-likeness (QED) is 0.184. The molecule has 0 saturated carbocycles. The summed E-state index contributed by atoms with van der Waals surface area (Å²) in [4.78, 5) is 1.89. The third kappa shape index (κ3) is 26.4. The predicted molar refractivity (Wildman–Crippen MR) is 130 cm³/mol. The molecule has 0 radical (unpaired) electrons. The predicted octanol–water partition coefficient (Wildman–Crippen LogP) is 5.13. The Labute approximate surface area is 197 Å². The molecule has 0 aliphatic carbocycles. The summed E-state index contributed by atoms with van der Waals surface area (Å²) in [6.07, 6.45) is 30.5. The first-order valence-corrected chi connectivity index (χ1v) is 13.7. The van der Waals surface area contributed by atoms with Gasteiger partial charge in [-0.1, -0.05) is 124 Å². The lowest BCUT2D eigenvalue weighted by atomic mass is 10.1. The summed E-state index contributed by atoms with van der Waals surface area (Å²) in [5.41, 5.74) is 0. The average Bonchev–Trinajstić information content (AvgIpc) is 2.70. The maximum Gasteiger partial charge on any atom is 0.0770 e. The second-order valence-electron chi connectivity index (χ2n) is 9.36. The second kappa shape index (κ2) is 28.4. The highest BCUT2D eigenvalue weighted by Gasteiger charge is 2.06. The van der Waals surface area contributed by atoms with E-state index >= 15 is 0 Å². The number of rotatable bonds is 24. The molecule has 0 amide bonds. The monoisotopic (exact) mass is 475 g/mol. The first-order chi connectivity index (χ1) is 13.8. The smallest absolute Gasteiger partial charge is 0.0770 e. The Morgan fingerprint density at radius 2 is 0.586 bits per heavy atom.